The number of piperidine rings is 1. The van der Waals surface area contributed by atoms with Gasteiger partial charge in [-0.1, -0.05) is 6.92 Å². The van der Waals surface area contributed by atoms with Crippen LogP contribution in [0.2, 0.25) is 0 Å². The molecule has 1 amide bonds. The van der Waals surface area contributed by atoms with Crippen molar-refractivity contribution < 1.29 is 4.79 Å². The first kappa shape index (κ1) is 17.9. The smallest absolute Gasteiger partial charge is 0.237 e. The summed E-state index contributed by atoms with van der Waals surface area (Å²) in [7, 11) is 2.20. The average molecular weight is 361 g/mol. The van der Waals surface area contributed by atoms with E-state index < -0.39 is 0 Å². The Hall–Kier alpha value is -1.47. The van der Waals surface area contributed by atoms with Crippen molar-refractivity contribution in [3.63, 3.8) is 0 Å². The zero-order valence-corrected chi connectivity index (χ0v) is 16.2. The highest BCUT2D eigenvalue weighted by molar-refractivity contribution is 5.82. The molecule has 1 unspecified atom stereocenters. The van der Waals surface area contributed by atoms with Crippen molar-refractivity contribution in [2.24, 2.45) is 5.41 Å². The molecule has 1 atom stereocenters. The number of hydrogen-bond acceptors (Lipinski definition) is 5. The van der Waals surface area contributed by atoms with Crippen LogP contribution in [-0.2, 0) is 24.3 Å². The number of carbonyl (C=O) groups is 1. The molecule has 1 spiro atoms. The summed E-state index contributed by atoms with van der Waals surface area (Å²) < 4.78 is 2.16. The number of aromatic nitrogens is 3. The van der Waals surface area contributed by atoms with E-state index >= 15 is 0 Å². The van der Waals surface area contributed by atoms with Crippen LogP contribution in [0.25, 0.3) is 0 Å². The molecule has 2 fully saturated rings. The van der Waals surface area contributed by atoms with Gasteiger partial charge < -0.3 is 14.8 Å². The Morgan fingerprint density at radius 2 is 2.08 bits per heavy atom. The van der Waals surface area contributed by atoms with Crippen molar-refractivity contribution in [3.8, 4) is 0 Å². The van der Waals surface area contributed by atoms with Crippen molar-refractivity contribution in [3.05, 3.63) is 11.6 Å². The van der Waals surface area contributed by atoms with E-state index in [1.165, 1.54) is 12.8 Å². The lowest BCUT2D eigenvalue weighted by Crippen LogP contribution is -2.43. The zero-order valence-electron chi connectivity index (χ0n) is 16.2. The number of rotatable bonds is 5. The number of fused-ring (bicyclic) bond motifs is 1. The van der Waals surface area contributed by atoms with E-state index in [-0.39, 0.29) is 11.9 Å². The standard InChI is InChI=1S/C19H32N6O/c1-3-8-24-14-19(6-10-23(2)11-7-19)12-15(24)18(26)20-13-17-22-21-16-5-4-9-25(16)17/h15H,3-14H2,1-2H3,(H,20,26). The van der Waals surface area contributed by atoms with Crippen LogP contribution in [0, 0.1) is 5.41 Å². The Morgan fingerprint density at radius 1 is 1.27 bits per heavy atom. The quantitative estimate of drug-likeness (QED) is 0.850. The lowest BCUT2D eigenvalue weighted by atomic mass is 9.76. The predicted octanol–water partition coefficient (Wildman–Crippen LogP) is 1.04. The zero-order chi connectivity index (χ0) is 18.1. The van der Waals surface area contributed by atoms with E-state index in [9.17, 15) is 4.79 Å². The van der Waals surface area contributed by atoms with Crippen LogP contribution in [-0.4, -0.2) is 69.7 Å². The highest BCUT2D eigenvalue weighted by atomic mass is 16.2. The molecule has 1 N–H and O–H groups in total. The maximum atomic E-state index is 13.0. The van der Waals surface area contributed by atoms with Crippen LogP contribution in [0.5, 0.6) is 0 Å². The predicted molar refractivity (Wildman–Crippen MR) is 99.6 cm³/mol. The van der Waals surface area contributed by atoms with E-state index in [0.717, 1.165) is 70.1 Å². The summed E-state index contributed by atoms with van der Waals surface area (Å²) in [6.45, 7) is 8.07. The number of likely N-dealkylation sites (tertiary alicyclic amines) is 2. The minimum absolute atomic E-state index is 0.0133. The second kappa shape index (κ2) is 7.27. The summed E-state index contributed by atoms with van der Waals surface area (Å²) in [5.41, 5.74) is 0.333. The maximum Gasteiger partial charge on any atom is 0.237 e. The summed E-state index contributed by atoms with van der Waals surface area (Å²) >= 11 is 0. The third-order valence-electron chi connectivity index (χ3n) is 6.57. The molecule has 4 heterocycles. The molecule has 3 aliphatic rings. The van der Waals surface area contributed by atoms with E-state index in [1.54, 1.807) is 0 Å². The summed E-state index contributed by atoms with van der Waals surface area (Å²) in [6.07, 6.45) is 6.67. The molecule has 0 aromatic carbocycles. The lowest BCUT2D eigenvalue weighted by molar-refractivity contribution is -0.125. The van der Waals surface area contributed by atoms with Gasteiger partial charge in [-0.05, 0) is 64.2 Å². The molecule has 1 aromatic heterocycles. The van der Waals surface area contributed by atoms with Gasteiger partial charge in [0, 0.05) is 19.5 Å². The van der Waals surface area contributed by atoms with Crippen molar-refractivity contribution >= 4 is 5.91 Å². The van der Waals surface area contributed by atoms with Crippen LogP contribution in [0.15, 0.2) is 0 Å². The molecule has 1 aromatic rings. The second-order valence-corrected chi connectivity index (χ2v) is 8.50. The molecule has 0 aliphatic carbocycles. The minimum atomic E-state index is 0.0133. The number of hydrogen-bond donors (Lipinski definition) is 1. The number of amides is 1. The Balaban J connectivity index is 1.40. The van der Waals surface area contributed by atoms with Crippen LogP contribution in [0.1, 0.15) is 50.7 Å². The largest absolute Gasteiger partial charge is 0.347 e. The van der Waals surface area contributed by atoms with E-state index in [1.807, 2.05) is 0 Å². The van der Waals surface area contributed by atoms with Crippen molar-refractivity contribution in [1.82, 2.24) is 29.9 Å². The molecule has 144 valence electrons. The fraction of sp³-hybridized carbons (Fsp3) is 0.842. The Bertz CT molecular complexity index is 648. The molecule has 0 saturated carbocycles. The van der Waals surface area contributed by atoms with E-state index in [2.05, 4.69) is 43.9 Å². The first-order chi connectivity index (χ1) is 12.6. The first-order valence-corrected chi connectivity index (χ1v) is 10.2. The topological polar surface area (TPSA) is 66.3 Å². The molecule has 2 saturated heterocycles. The molecule has 0 bridgehead atoms. The van der Waals surface area contributed by atoms with Gasteiger partial charge in [0.2, 0.25) is 5.91 Å². The fourth-order valence-electron chi connectivity index (χ4n) is 5.01. The molecule has 4 rings (SSSR count). The second-order valence-electron chi connectivity index (χ2n) is 8.50. The van der Waals surface area contributed by atoms with Gasteiger partial charge in [0.25, 0.3) is 0 Å². The van der Waals surface area contributed by atoms with Gasteiger partial charge in [-0.2, -0.15) is 0 Å². The highest BCUT2D eigenvalue weighted by Gasteiger charge is 2.47. The molecule has 7 nitrogen and oxygen atoms in total. The minimum Gasteiger partial charge on any atom is -0.347 e. The van der Waals surface area contributed by atoms with Gasteiger partial charge in [-0.3, -0.25) is 9.69 Å². The fourth-order valence-corrected chi connectivity index (χ4v) is 5.01. The number of aryl methyl sites for hydroxylation is 1. The summed E-state index contributed by atoms with van der Waals surface area (Å²) in [5, 5.41) is 11.7. The van der Waals surface area contributed by atoms with Gasteiger partial charge in [-0.15, -0.1) is 10.2 Å². The molecule has 3 aliphatic heterocycles. The number of nitrogens with zero attached hydrogens (tertiary/aromatic N) is 5. The normalized spacial score (nSPS) is 25.7. The van der Waals surface area contributed by atoms with Crippen molar-refractivity contribution in [1.29, 1.82) is 0 Å². The Kier molecular flexibility index (Phi) is 5.01. The summed E-state index contributed by atoms with van der Waals surface area (Å²) in [6, 6.07) is 0.0133. The van der Waals surface area contributed by atoms with Crippen LogP contribution in [0.3, 0.4) is 0 Å². The third kappa shape index (κ3) is 3.39. The third-order valence-corrected chi connectivity index (χ3v) is 6.57. The number of nitrogens with one attached hydrogen (secondary N) is 1. The molecular weight excluding hydrogens is 328 g/mol. The summed E-state index contributed by atoms with van der Waals surface area (Å²) in [4.78, 5) is 17.8. The van der Waals surface area contributed by atoms with Gasteiger partial charge >= 0.3 is 0 Å². The molecule has 7 heteroatoms. The Morgan fingerprint density at radius 3 is 2.85 bits per heavy atom. The van der Waals surface area contributed by atoms with Gasteiger partial charge in [0.05, 0.1) is 12.6 Å². The van der Waals surface area contributed by atoms with Crippen LogP contribution >= 0.6 is 0 Å². The van der Waals surface area contributed by atoms with Gasteiger partial charge in [-0.25, -0.2) is 0 Å². The van der Waals surface area contributed by atoms with E-state index in [0.29, 0.717) is 12.0 Å². The van der Waals surface area contributed by atoms with Gasteiger partial charge in [0.1, 0.15) is 5.82 Å². The molecule has 26 heavy (non-hydrogen) atoms. The molecular formula is C19H32N6O. The van der Waals surface area contributed by atoms with Crippen LogP contribution < -0.4 is 5.32 Å². The van der Waals surface area contributed by atoms with Crippen molar-refractivity contribution in [2.75, 3.05) is 33.2 Å². The summed E-state index contributed by atoms with van der Waals surface area (Å²) in [5.74, 6) is 2.14. The Labute approximate surface area is 156 Å². The number of carbonyl (C=O) groups excluding carboxylic acids is 1. The van der Waals surface area contributed by atoms with Crippen LogP contribution in [0.4, 0.5) is 0 Å². The average Bonchev–Trinajstić information content (AvgIpc) is 3.32. The molecule has 0 radical (unpaired) electrons. The van der Waals surface area contributed by atoms with E-state index in [4.69, 9.17) is 0 Å². The monoisotopic (exact) mass is 360 g/mol. The highest BCUT2D eigenvalue weighted by Crippen LogP contribution is 2.43. The van der Waals surface area contributed by atoms with Gasteiger partial charge in [0.15, 0.2) is 5.82 Å². The SMILES string of the molecule is CCCN1CC2(CCN(C)CC2)CC1C(=O)NCc1nnc2n1CCC2. The lowest BCUT2D eigenvalue weighted by Gasteiger charge is -2.37. The van der Waals surface area contributed by atoms with Crippen molar-refractivity contribution in [2.45, 2.75) is 64.6 Å². The maximum absolute atomic E-state index is 13.0. The first-order valence-electron chi connectivity index (χ1n) is 10.2.